The molecule has 3 heteroatoms. The maximum absolute atomic E-state index is 6.46. The van der Waals surface area contributed by atoms with Crippen molar-refractivity contribution in [2.24, 2.45) is 4.99 Å². The van der Waals surface area contributed by atoms with E-state index in [4.69, 9.17) is 16.6 Å². The van der Waals surface area contributed by atoms with Gasteiger partial charge in [-0.05, 0) is 43.4 Å². The van der Waals surface area contributed by atoms with Crippen LogP contribution in [0.4, 0.5) is 5.69 Å². The number of nitrogens with zero attached hydrogens (tertiary/aromatic N) is 2. The van der Waals surface area contributed by atoms with Crippen molar-refractivity contribution in [3.63, 3.8) is 0 Å². The van der Waals surface area contributed by atoms with E-state index in [1.54, 1.807) is 0 Å². The van der Waals surface area contributed by atoms with Crippen LogP contribution in [0.5, 0.6) is 0 Å². The van der Waals surface area contributed by atoms with E-state index in [-0.39, 0.29) is 0 Å². The molecule has 1 aromatic carbocycles. The maximum atomic E-state index is 6.46. The second kappa shape index (κ2) is 4.58. The van der Waals surface area contributed by atoms with Gasteiger partial charge in [0.2, 0.25) is 0 Å². The third-order valence-electron chi connectivity index (χ3n) is 4.12. The van der Waals surface area contributed by atoms with E-state index < -0.39 is 0 Å². The Kier molecular flexibility index (Phi) is 3.06. The lowest BCUT2D eigenvalue weighted by molar-refractivity contribution is 0.403. The van der Waals surface area contributed by atoms with Crippen LogP contribution in [0.1, 0.15) is 42.4 Å². The van der Waals surface area contributed by atoms with Crippen LogP contribution in [0.25, 0.3) is 0 Å². The van der Waals surface area contributed by atoms with E-state index in [2.05, 4.69) is 24.8 Å². The standard InChI is InChI=1S/C15H19ClN2/c1-10-8-12-9-18-7-5-3-4-6-13(18)17-15(12)14(16)11(10)2/h8H,3-7,9H2,1-2H3. The largest absolute Gasteiger partial charge is 0.356 e. The molecule has 2 heterocycles. The Morgan fingerprint density at radius 2 is 2.06 bits per heavy atom. The van der Waals surface area contributed by atoms with E-state index in [0.717, 1.165) is 30.2 Å². The van der Waals surface area contributed by atoms with Crippen LogP contribution < -0.4 is 0 Å². The normalized spacial score (nSPS) is 18.8. The summed E-state index contributed by atoms with van der Waals surface area (Å²) >= 11 is 6.46. The van der Waals surface area contributed by atoms with Gasteiger partial charge in [0.1, 0.15) is 5.84 Å². The van der Waals surface area contributed by atoms with Gasteiger partial charge in [0.15, 0.2) is 0 Å². The van der Waals surface area contributed by atoms with Gasteiger partial charge < -0.3 is 4.90 Å². The number of halogens is 1. The number of hydrogen-bond donors (Lipinski definition) is 0. The summed E-state index contributed by atoms with van der Waals surface area (Å²) in [6.07, 6.45) is 4.96. The molecule has 0 bridgehead atoms. The maximum Gasteiger partial charge on any atom is 0.105 e. The monoisotopic (exact) mass is 262 g/mol. The molecule has 0 aromatic heterocycles. The molecule has 18 heavy (non-hydrogen) atoms. The van der Waals surface area contributed by atoms with Gasteiger partial charge in [-0.25, -0.2) is 4.99 Å². The van der Waals surface area contributed by atoms with Crippen LogP contribution in [0.3, 0.4) is 0 Å². The van der Waals surface area contributed by atoms with Crippen molar-refractivity contribution in [1.82, 2.24) is 4.90 Å². The molecule has 0 atom stereocenters. The predicted octanol–water partition coefficient (Wildman–Crippen LogP) is 4.38. The molecular weight excluding hydrogens is 244 g/mol. The molecule has 96 valence electrons. The van der Waals surface area contributed by atoms with Crippen LogP contribution in [-0.4, -0.2) is 17.3 Å². The molecular formula is C15H19ClN2. The molecule has 0 unspecified atom stereocenters. The van der Waals surface area contributed by atoms with E-state index in [1.807, 2.05) is 0 Å². The zero-order valence-corrected chi connectivity index (χ0v) is 11.8. The average molecular weight is 263 g/mol. The molecule has 1 saturated heterocycles. The number of hydrogen-bond acceptors (Lipinski definition) is 2. The molecule has 1 aromatic rings. The lowest BCUT2D eigenvalue weighted by Gasteiger charge is -2.30. The van der Waals surface area contributed by atoms with Crippen LogP contribution in [0.2, 0.25) is 5.02 Å². The SMILES string of the molecule is Cc1cc2c(c(Cl)c1C)N=C1CCCCCN1C2. The number of amidine groups is 1. The fourth-order valence-corrected chi connectivity index (χ4v) is 3.17. The number of aryl methyl sites for hydroxylation is 1. The van der Waals surface area contributed by atoms with Crippen molar-refractivity contribution in [3.8, 4) is 0 Å². The molecule has 0 radical (unpaired) electrons. The fraction of sp³-hybridized carbons (Fsp3) is 0.533. The van der Waals surface area contributed by atoms with Crippen molar-refractivity contribution in [2.75, 3.05) is 6.54 Å². The van der Waals surface area contributed by atoms with E-state index in [9.17, 15) is 0 Å². The summed E-state index contributed by atoms with van der Waals surface area (Å²) < 4.78 is 0. The van der Waals surface area contributed by atoms with Gasteiger partial charge in [0.25, 0.3) is 0 Å². The van der Waals surface area contributed by atoms with Gasteiger partial charge in [0, 0.05) is 19.5 Å². The first kappa shape index (κ1) is 12.0. The summed E-state index contributed by atoms with van der Waals surface area (Å²) in [5.41, 5.74) is 4.75. The Morgan fingerprint density at radius 1 is 1.22 bits per heavy atom. The van der Waals surface area contributed by atoms with Gasteiger partial charge in [-0.1, -0.05) is 24.1 Å². The Bertz CT molecular complexity index is 520. The van der Waals surface area contributed by atoms with Crippen LogP contribution in [0.15, 0.2) is 11.1 Å². The Labute approximate surface area is 114 Å². The highest BCUT2D eigenvalue weighted by Crippen LogP contribution is 2.38. The van der Waals surface area contributed by atoms with Gasteiger partial charge in [-0.15, -0.1) is 0 Å². The Hall–Kier alpha value is -1.02. The van der Waals surface area contributed by atoms with Crippen molar-refractivity contribution in [3.05, 3.63) is 27.8 Å². The number of rotatable bonds is 0. The molecule has 0 saturated carbocycles. The van der Waals surface area contributed by atoms with Crippen LogP contribution in [0, 0.1) is 13.8 Å². The van der Waals surface area contributed by atoms with Crippen molar-refractivity contribution < 1.29 is 0 Å². The molecule has 1 fully saturated rings. The van der Waals surface area contributed by atoms with Gasteiger partial charge in [-0.3, -0.25) is 0 Å². The predicted molar refractivity (Wildman–Crippen MR) is 76.9 cm³/mol. The average Bonchev–Trinajstić information content (AvgIpc) is 2.59. The first-order valence-corrected chi connectivity index (χ1v) is 7.15. The molecule has 0 N–H and O–H groups in total. The van der Waals surface area contributed by atoms with Crippen molar-refractivity contribution >= 4 is 23.1 Å². The molecule has 2 aliphatic rings. The smallest absolute Gasteiger partial charge is 0.105 e. The second-order valence-electron chi connectivity index (χ2n) is 5.40. The minimum absolute atomic E-state index is 0.849. The van der Waals surface area contributed by atoms with Gasteiger partial charge in [0.05, 0.1) is 10.7 Å². The second-order valence-corrected chi connectivity index (χ2v) is 5.78. The number of benzene rings is 1. The molecule has 2 nitrogen and oxygen atoms in total. The van der Waals surface area contributed by atoms with E-state index in [0.29, 0.717) is 0 Å². The lowest BCUT2D eigenvalue weighted by atomic mass is 10.0. The zero-order chi connectivity index (χ0) is 12.7. The van der Waals surface area contributed by atoms with Crippen molar-refractivity contribution in [2.45, 2.75) is 46.1 Å². The number of aliphatic imine (C=N–C) groups is 1. The Balaban J connectivity index is 2.09. The first-order chi connectivity index (χ1) is 8.66. The molecule has 3 rings (SSSR count). The topological polar surface area (TPSA) is 15.6 Å². The fourth-order valence-electron chi connectivity index (χ4n) is 2.85. The minimum atomic E-state index is 0.849. The molecule has 0 amide bonds. The van der Waals surface area contributed by atoms with Gasteiger partial charge >= 0.3 is 0 Å². The quantitative estimate of drug-likeness (QED) is 0.678. The summed E-state index contributed by atoms with van der Waals surface area (Å²) in [5.74, 6) is 1.24. The minimum Gasteiger partial charge on any atom is -0.356 e. The Morgan fingerprint density at radius 3 is 2.89 bits per heavy atom. The highest BCUT2D eigenvalue weighted by Gasteiger charge is 2.23. The van der Waals surface area contributed by atoms with E-state index >= 15 is 0 Å². The zero-order valence-electron chi connectivity index (χ0n) is 11.1. The van der Waals surface area contributed by atoms with Gasteiger partial charge in [-0.2, -0.15) is 0 Å². The third kappa shape index (κ3) is 1.93. The summed E-state index contributed by atoms with van der Waals surface area (Å²) in [6, 6.07) is 2.25. The van der Waals surface area contributed by atoms with Crippen LogP contribution >= 0.6 is 11.6 Å². The summed E-state index contributed by atoms with van der Waals surface area (Å²) in [6.45, 7) is 6.33. The summed E-state index contributed by atoms with van der Waals surface area (Å²) in [5, 5.41) is 0.849. The summed E-state index contributed by atoms with van der Waals surface area (Å²) in [7, 11) is 0. The molecule has 0 aliphatic carbocycles. The van der Waals surface area contributed by atoms with E-state index in [1.165, 1.54) is 41.8 Å². The van der Waals surface area contributed by atoms with Crippen molar-refractivity contribution in [1.29, 1.82) is 0 Å². The lowest BCUT2D eigenvalue weighted by Crippen LogP contribution is -2.32. The highest BCUT2D eigenvalue weighted by atomic mass is 35.5. The third-order valence-corrected chi connectivity index (χ3v) is 4.58. The number of fused-ring (bicyclic) bond motifs is 2. The highest BCUT2D eigenvalue weighted by molar-refractivity contribution is 6.34. The molecule has 0 spiro atoms. The molecule has 2 aliphatic heterocycles. The first-order valence-electron chi connectivity index (χ1n) is 6.78. The summed E-state index contributed by atoms with van der Waals surface area (Å²) in [4.78, 5) is 7.27. The van der Waals surface area contributed by atoms with Crippen LogP contribution in [-0.2, 0) is 6.54 Å².